The predicted octanol–water partition coefficient (Wildman–Crippen LogP) is 2.96. The molecule has 180 valence electrons. The van der Waals surface area contributed by atoms with E-state index in [2.05, 4.69) is 44.9 Å². The van der Waals surface area contributed by atoms with Gasteiger partial charge in [-0.2, -0.15) is 13.2 Å². The van der Waals surface area contributed by atoms with E-state index in [1.54, 1.807) is 18.6 Å². The van der Waals surface area contributed by atoms with E-state index in [-0.39, 0.29) is 11.9 Å². The van der Waals surface area contributed by atoms with Gasteiger partial charge in [0.1, 0.15) is 0 Å². The van der Waals surface area contributed by atoms with Crippen molar-refractivity contribution in [1.29, 1.82) is 0 Å². The minimum atomic E-state index is -5.08. The van der Waals surface area contributed by atoms with E-state index in [0.29, 0.717) is 12.1 Å². The molecule has 3 N–H and O–H groups in total. The topological polar surface area (TPSA) is 109 Å². The van der Waals surface area contributed by atoms with E-state index in [1.807, 2.05) is 24.5 Å². The number of benzene rings is 1. The lowest BCUT2D eigenvalue weighted by molar-refractivity contribution is -0.192. The molecule has 1 aliphatic rings. The Hall–Kier alpha value is -3.73. The van der Waals surface area contributed by atoms with Crippen molar-refractivity contribution in [2.75, 3.05) is 6.54 Å². The summed E-state index contributed by atoms with van der Waals surface area (Å²) in [7, 11) is 0. The van der Waals surface area contributed by atoms with E-state index in [0.717, 1.165) is 30.2 Å². The van der Waals surface area contributed by atoms with Crippen molar-refractivity contribution in [2.24, 2.45) is 0 Å². The first-order valence-corrected chi connectivity index (χ1v) is 10.4. The zero-order valence-electron chi connectivity index (χ0n) is 18.6. The molecule has 11 heteroatoms. The first-order chi connectivity index (χ1) is 16.1. The van der Waals surface area contributed by atoms with E-state index >= 15 is 0 Å². The maximum absolute atomic E-state index is 12.8. The zero-order chi connectivity index (χ0) is 24.9. The van der Waals surface area contributed by atoms with Gasteiger partial charge in [-0.05, 0) is 37.5 Å². The number of alkyl halides is 3. The Morgan fingerprint density at radius 3 is 2.50 bits per heavy atom. The molecular weight excluding hydrogens is 451 g/mol. The molecule has 0 saturated carbocycles. The molecule has 2 aromatic heterocycles. The maximum Gasteiger partial charge on any atom is 0.490 e. The highest BCUT2D eigenvalue weighted by Gasteiger charge is 2.38. The number of fused-ring (bicyclic) bond motifs is 1. The number of halogens is 3. The molecule has 3 aromatic rings. The molecule has 1 amide bonds. The predicted molar refractivity (Wildman–Crippen MR) is 118 cm³/mol. The Balaban J connectivity index is 0.000000406. The fourth-order valence-electron chi connectivity index (χ4n) is 3.73. The van der Waals surface area contributed by atoms with Gasteiger partial charge in [0.05, 0.1) is 11.8 Å². The molecule has 0 fully saturated rings. The molecule has 0 aliphatic carbocycles. The molecule has 0 bridgehead atoms. The summed E-state index contributed by atoms with van der Waals surface area (Å²) in [5.41, 5.74) is 5.20. The Bertz CT molecular complexity index is 1160. The third kappa shape index (κ3) is 5.98. The zero-order valence-corrected chi connectivity index (χ0v) is 18.6. The Kier molecular flexibility index (Phi) is 7.67. The maximum atomic E-state index is 12.8. The number of aryl methyl sites for hydroxylation is 1. The average Bonchev–Trinajstić information content (AvgIpc) is 3.11. The van der Waals surface area contributed by atoms with Gasteiger partial charge in [0.2, 0.25) is 0 Å². The van der Waals surface area contributed by atoms with Gasteiger partial charge in [-0.25, -0.2) is 9.78 Å². The van der Waals surface area contributed by atoms with Gasteiger partial charge < -0.3 is 20.3 Å². The number of carbonyl (C=O) groups is 2. The highest BCUT2D eigenvalue weighted by Crippen LogP contribution is 2.20. The number of carbonyl (C=O) groups excluding carboxylic acids is 1. The minimum Gasteiger partial charge on any atom is -0.475 e. The molecule has 1 aromatic carbocycles. The average molecular weight is 475 g/mol. The van der Waals surface area contributed by atoms with Gasteiger partial charge >= 0.3 is 12.1 Å². The Morgan fingerprint density at radius 1 is 1.21 bits per heavy atom. The first-order valence-electron chi connectivity index (χ1n) is 10.4. The summed E-state index contributed by atoms with van der Waals surface area (Å²) in [4.78, 5) is 30.1. The summed E-state index contributed by atoms with van der Waals surface area (Å²) in [6.07, 6.45) is 0.835. The van der Waals surface area contributed by atoms with Crippen LogP contribution in [0.1, 0.15) is 32.9 Å². The smallest absolute Gasteiger partial charge is 0.475 e. The number of hydrogen-bond donors (Lipinski definition) is 3. The number of hydrogen-bond acceptors (Lipinski definition) is 5. The third-order valence-corrected chi connectivity index (χ3v) is 5.37. The molecular formula is C23H24F3N5O3. The van der Waals surface area contributed by atoms with E-state index in [1.165, 1.54) is 11.1 Å². The van der Waals surface area contributed by atoms with Gasteiger partial charge in [0, 0.05) is 42.9 Å². The molecule has 0 radical (unpaired) electrons. The number of carboxylic acids is 1. The molecule has 1 aliphatic heterocycles. The van der Waals surface area contributed by atoms with Gasteiger partial charge in [-0.3, -0.25) is 9.78 Å². The summed E-state index contributed by atoms with van der Waals surface area (Å²) in [5.74, 6) is -2.09. The minimum absolute atomic E-state index is 0.0566. The summed E-state index contributed by atoms with van der Waals surface area (Å²) < 4.78 is 33.7. The van der Waals surface area contributed by atoms with Crippen LogP contribution in [-0.4, -0.2) is 50.3 Å². The number of carboxylic acid groups (broad SMARTS) is 1. The van der Waals surface area contributed by atoms with Crippen LogP contribution in [0.15, 0.2) is 48.9 Å². The monoisotopic (exact) mass is 475 g/mol. The molecule has 1 atom stereocenters. The standard InChI is InChI=1S/C21H23N5O.C2HF3O2/c1-14-9-19(15(2)26(14)20-13-22-7-8-23-20)21(27)25-12-18-10-16-5-3-4-6-17(16)11-24-18;3-2(4,5)1(6)7/h3-9,13,18,24H,10-12H2,1-2H3,(H,25,27);(H,6,7). The van der Waals surface area contributed by atoms with Crippen LogP contribution in [-0.2, 0) is 17.8 Å². The number of nitrogens with one attached hydrogen (secondary N) is 2. The number of aromatic nitrogens is 3. The Morgan fingerprint density at radius 2 is 1.88 bits per heavy atom. The number of aliphatic carboxylic acids is 1. The van der Waals surface area contributed by atoms with Crippen molar-refractivity contribution in [3.8, 4) is 5.82 Å². The summed E-state index contributed by atoms with van der Waals surface area (Å²) in [6.45, 7) is 5.35. The molecule has 34 heavy (non-hydrogen) atoms. The molecule has 3 heterocycles. The van der Waals surface area contributed by atoms with Crippen molar-refractivity contribution >= 4 is 11.9 Å². The van der Waals surface area contributed by atoms with Crippen LogP contribution in [0.4, 0.5) is 13.2 Å². The fourth-order valence-corrected chi connectivity index (χ4v) is 3.73. The van der Waals surface area contributed by atoms with E-state index < -0.39 is 12.1 Å². The first kappa shape index (κ1) is 24.9. The molecule has 8 nitrogen and oxygen atoms in total. The highest BCUT2D eigenvalue weighted by molar-refractivity contribution is 5.95. The summed E-state index contributed by atoms with van der Waals surface area (Å²) >= 11 is 0. The van der Waals surface area contributed by atoms with Crippen LogP contribution in [0.2, 0.25) is 0 Å². The molecule has 1 unspecified atom stereocenters. The van der Waals surface area contributed by atoms with Crippen LogP contribution >= 0.6 is 0 Å². The number of rotatable bonds is 4. The van der Waals surface area contributed by atoms with Crippen LogP contribution < -0.4 is 10.6 Å². The quantitative estimate of drug-likeness (QED) is 0.536. The lowest BCUT2D eigenvalue weighted by atomic mass is 9.96. The number of nitrogens with zero attached hydrogens (tertiary/aromatic N) is 3. The van der Waals surface area contributed by atoms with Crippen molar-refractivity contribution in [2.45, 2.75) is 39.0 Å². The van der Waals surface area contributed by atoms with Crippen LogP contribution in [0, 0.1) is 13.8 Å². The largest absolute Gasteiger partial charge is 0.490 e. The second-order valence-corrected chi connectivity index (χ2v) is 7.75. The van der Waals surface area contributed by atoms with Gasteiger partial charge in [0.15, 0.2) is 5.82 Å². The van der Waals surface area contributed by atoms with Crippen LogP contribution in [0.25, 0.3) is 5.82 Å². The Labute approximate surface area is 193 Å². The second-order valence-electron chi connectivity index (χ2n) is 7.75. The summed E-state index contributed by atoms with van der Waals surface area (Å²) in [5, 5.41) is 13.7. The summed E-state index contributed by atoms with van der Waals surface area (Å²) in [6, 6.07) is 10.6. The lowest BCUT2D eigenvalue weighted by Gasteiger charge is -2.26. The van der Waals surface area contributed by atoms with Crippen molar-refractivity contribution in [3.05, 3.63) is 77.0 Å². The van der Waals surface area contributed by atoms with E-state index in [9.17, 15) is 18.0 Å². The van der Waals surface area contributed by atoms with Crippen LogP contribution in [0.3, 0.4) is 0 Å². The van der Waals surface area contributed by atoms with Crippen molar-refractivity contribution < 1.29 is 27.9 Å². The van der Waals surface area contributed by atoms with Gasteiger partial charge in [-0.1, -0.05) is 24.3 Å². The SMILES string of the molecule is Cc1cc(C(=O)NCC2Cc3ccccc3CN2)c(C)n1-c1cnccn1.O=C(O)C(F)(F)F. The molecule has 4 rings (SSSR count). The van der Waals surface area contributed by atoms with Gasteiger partial charge in [-0.15, -0.1) is 0 Å². The molecule has 0 saturated heterocycles. The van der Waals surface area contributed by atoms with E-state index in [4.69, 9.17) is 9.90 Å². The normalized spacial score (nSPS) is 15.0. The van der Waals surface area contributed by atoms with Crippen molar-refractivity contribution in [3.63, 3.8) is 0 Å². The van der Waals surface area contributed by atoms with Crippen molar-refractivity contribution in [1.82, 2.24) is 25.2 Å². The lowest BCUT2D eigenvalue weighted by Crippen LogP contribution is -2.44. The van der Waals surface area contributed by atoms with Crippen LogP contribution in [0.5, 0.6) is 0 Å². The number of amides is 1. The highest BCUT2D eigenvalue weighted by atomic mass is 19.4. The molecule has 0 spiro atoms. The second kappa shape index (κ2) is 10.5. The van der Waals surface area contributed by atoms with Gasteiger partial charge in [0.25, 0.3) is 5.91 Å². The third-order valence-electron chi connectivity index (χ3n) is 5.37. The fraction of sp³-hybridized carbons (Fsp3) is 0.304.